The van der Waals surface area contributed by atoms with Crippen LogP contribution in [0.15, 0.2) is 24.3 Å². The number of aliphatic hydroxyl groups is 1. The van der Waals surface area contributed by atoms with E-state index < -0.39 is 6.10 Å². The molecule has 1 aliphatic heterocycles. The summed E-state index contributed by atoms with van der Waals surface area (Å²) in [5, 5.41) is 12.3. The standard InChI is InChI=1S/C18H30N2O2/c1-3-15-7-5-9-18(11-15)22-14-17(21)13-19-12-16-8-6-10-20(16)4-2/h5,7,9,11,16-17,19,21H,3-4,6,8,10,12-14H2,1-2H3/p+2/t16-,17-/m1/s1. The highest BCUT2D eigenvalue weighted by molar-refractivity contribution is 5.28. The maximum Gasteiger partial charge on any atom is 0.137 e. The number of nitrogens with one attached hydrogen (secondary N) is 1. The lowest BCUT2D eigenvalue weighted by atomic mass is 10.2. The van der Waals surface area contributed by atoms with Gasteiger partial charge in [0.15, 0.2) is 0 Å². The quantitative estimate of drug-likeness (QED) is 0.582. The number of hydrogen-bond donors (Lipinski definition) is 3. The minimum atomic E-state index is -0.406. The molecule has 4 heteroatoms. The van der Waals surface area contributed by atoms with E-state index in [9.17, 15) is 5.11 Å². The lowest BCUT2D eigenvalue weighted by molar-refractivity contribution is -0.924. The highest BCUT2D eigenvalue weighted by Gasteiger charge is 2.28. The number of ether oxygens (including phenoxy) is 1. The first-order valence-corrected chi connectivity index (χ1v) is 8.79. The van der Waals surface area contributed by atoms with Gasteiger partial charge < -0.3 is 20.1 Å². The minimum Gasteiger partial charge on any atom is -0.491 e. The van der Waals surface area contributed by atoms with E-state index in [0.29, 0.717) is 6.61 Å². The highest BCUT2D eigenvalue weighted by Crippen LogP contribution is 2.13. The Labute approximate surface area is 134 Å². The third kappa shape index (κ3) is 5.27. The highest BCUT2D eigenvalue weighted by atomic mass is 16.5. The lowest BCUT2D eigenvalue weighted by Gasteiger charge is -2.19. The van der Waals surface area contributed by atoms with Gasteiger partial charge in [-0.1, -0.05) is 19.1 Å². The molecule has 4 N–H and O–H groups in total. The molecule has 0 radical (unpaired) electrons. The molecule has 0 aromatic heterocycles. The molecular formula is C18H32N2O2+2. The van der Waals surface area contributed by atoms with Crippen LogP contribution in [-0.4, -0.2) is 50.0 Å². The maximum absolute atomic E-state index is 10.1. The Morgan fingerprint density at radius 3 is 3.05 bits per heavy atom. The van der Waals surface area contributed by atoms with Crippen LogP contribution in [0.5, 0.6) is 5.75 Å². The third-order valence-corrected chi connectivity index (χ3v) is 4.72. The SMILES string of the molecule is CCc1cccc(OC[C@H](O)C[NH2+]C[C@H]2CCC[NH+]2CC)c1. The van der Waals surface area contributed by atoms with Crippen molar-refractivity contribution in [1.29, 1.82) is 0 Å². The number of aliphatic hydroxyl groups excluding tert-OH is 1. The predicted octanol–water partition coefficient (Wildman–Crippen LogP) is -0.381. The van der Waals surface area contributed by atoms with Gasteiger partial charge >= 0.3 is 0 Å². The van der Waals surface area contributed by atoms with Crippen LogP contribution in [0.1, 0.15) is 32.3 Å². The summed E-state index contributed by atoms with van der Waals surface area (Å²) in [6.45, 7) is 9.14. The molecule has 1 aromatic carbocycles. The summed E-state index contributed by atoms with van der Waals surface area (Å²) >= 11 is 0. The number of hydrogen-bond acceptors (Lipinski definition) is 2. The molecule has 1 aromatic rings. The first kappa shape index (κ1) is 17.3. The van der Waals surface area contributed by atoms with Crippen molar-refractivity contribution in [3.8, 4) is 5.75 Å². The van der Waals surface area contributed by atoms with E-state index in [1.54, 1.807) is 4.90 Å². The number of rotatable bonds is 9. The Kier molecular flexibility index (Phi) is 7.16. The molecule has 0 saturated carbocycles. The van der Waals surface area contributed by atoms with Gasteiger partial charge in [-0.25, -0.2) is 0 Å². The van der Waals surface area contributed by atoms with Crippen molar-refractivity contribution in [3.63, 3.8) is 0 Å². The molecule has 0 aliphatic carbocycles. The van der Waals surface area contributed by atoms with Gasteiger partial charge in [-0.3, -0.25) is 0 Å². The zero-order chi connectivity index (χ0) is 15.8. The fourth-order valence-electron chi connectivity index (χ4n) is 3.34. The van der Waals surface area contributed by atoms with Gasteiger partial charge in [0.2, 0.25) is 0 Å². The fourth-order valence-corrected chi connectivity index (χ4v) is 3.34. The Balaban J connectivity index is 1.64. The predicted molar refractivity (Wildman–Crippen MR) is 88.4 cm³/mol. The van der Waals surface area contributed by atoms with E-state index in [1.165, 1.54) is 31.5 Å². The second kappa shape index (κ2) is 9.13. The van der Waals surface area contributed by atoms with E-state index in [2.05, 4.69) is 31.3 Å². The summed E-state index contributed by atoms with van der Waals surface area (Å²) in [6.07, 6.45) is 3.28. The van der Waals surface area contributed by atoms with Gasteiger partial charge in [0.25, 0.3) is 0 Å². The van der Waals surface area contributed by atoms with E-state index in [4.69, 9.17) is 4.74 Å². The normalized spacial score (nSPS) is 22.7. The average Bonchev–Trinajstić information content (AvgIpc) is 3.00. The minimum absolute atomic E-state index is 0.374. The van der Waals surface area contributed by atoms with Gasteiger partial charge in [-0.05, 0) is 31.0 Å². The summed E-state index contributed by atoms with van der Waals surface area (Å²) in [5.74, 6) is 0.857. The smallest absolute Gasteiger partial charge is 0.137 e. The van der Waals surface area contributed by atoms with Crippen LogP contribution >= 0.6 is 0 Å². The Bertz CT molecular complexity index is 439. The monoisotopic (exact) mass is 308 g/mol. The van der Waals surface area contributed by atoms with Gasteiger partial charge in [0, 0.05) is 12.8 Å². The Hall–Kier alpha value is -1.10. The van der Waals surface area contributed by atoms with Crippen LogP contribution in [0, 0.1) is 0 Å². The molecule has 1 unspecified atom stereocenters. The van der Waals surface area contributed by atoms with Crippen LogP contribution in [-0.2, 0) is 6.42 Å². The molecule has 1 saturated heterocycles. The summed E-state index contributed by atoms with van der Waals surface area (Å²) in [5.41, 5.74) is 1.27. The molecule has 1 fully saturated rings. The Morgan fingerprint density at radius 1 is 1.41 bits per heavy atom. The zero-order valence-corrected chi connectivity index (χ0v) is 14.1. The van der Waals surface area contributed by atoms with Gasteiger partial charge in [0.05, 0.1) is 13.1 Å². The van der Waals surface area contributed by atoms with Crippen molar-refractivity contribution in [3.05, 3.63) is 29.8 Å². The first-order valence-electron chi connectivity index (χ1n) is 8.79. The number of likely N-dealkylation sites (N-methyl/N-ethyl adjacent to an activating group) is 1. The van der Waals surface area contributed by atoms with Crippen LogP contribution in [0.3, 0.4) is 0 Å². The van der Waals surface area contributed by atoms with E-state index in [0.717, 1.165) is 31.3 Å². The van der Waals surface area contributed by atoms with E-state index >= 15 is 0 Å². The molecular weight excluding hydrogens is 276 g/mol. The number of nitrogens with two attached hydrogens (primary N) is 1. The van der Waals surface area contributed by atoms with Crippen LogP contribution in [0.4, 0.5) is 0 Å². The number of quaternary nitrogens is 2. The molecule has 0 amide bonds. The molecule has 124 valence electrons. The molecule has 3 atom stereocenters. The molecule has 4 nitrogen and oxygen atoms in total. The van der Waals surface area contributed by atoms with Crippen molar-refractivity contribution in [2.45, 2.75) is 45.3 Å². The topological polar surface area (TPSA) is 50.5 Å². The molecule has 1 heterocycles. The van der Waals surface area contributed by atoms with E-state index in [-0.39, 0.29) is 0 Å². The first-order chi connectivity index (χ1) is 10.7. The fraction of sp³-hybridized carbons (Fsp3) is 0.667. The maximum atomic E-state index is 10.1. The summed E-state index contributed by atoms with van der Waals surface area (Å²) in [7, 11) is 0. The molecule has 0 spiro atoms. The van der Waals surface area contributed by atoms with Crippen molar-refractivity contribution >= 4 is 0 Å². The zero-order valence-electron chi connectivity index (χ0n) is 14.1. The lowest BCUT2D eigenvalue weighted by Crippen LogP contribution is -3.16. The molecule has 22 heavy (non-hydrogen) atoms. The number of benzene rings is 1. The van der Waals surface area contributed by atoms with Crippen molar-refractivity contribution in [2.75, 3.05) is 32.8 Å². The van der Waals surface area contributed by atoms with Gasteiger partial charge in [-0.2, -0.15) is 0 Å². The third-order valence-electron chi connectivity index (χ3n) is 4.72. The van der Waals surface area contributed by atoms with Crippen molar-refractivity contribution in [1.82, 2.24) is 0 Å². The largest absolute Gasteiger partial charge is 0.491 e. The second-order valence-electron chi connectivity index (χ2n) is 6.33. The van der Waals surface area contributed by atoms with Crippen molar-refractivity contribution in [2.24, 2.45) is 0 Å². The number of likely N-dealkylation sites (tertiary alicyclic amines) is 1. The van der Waals surface area contributed by atoms with Crippen LogP contribution in [0.2, 0.25) is 0 Å². The van der Waals surface area contributed by atoms with Gasteiger partial charge in [-0.15, -0.1) is 0 Å². The van der Waals surface area contributed by atoms with Gasteiger partial charge in [0.1, 0.15) is 37.6 Å². The molecule has 1 aliphatic rings. The van der Waals surface area contributed by atoms with Crippen molar-refractivity contribution < 1.29 is 20.1 Å². The summed E-state index contributed by atoms with van der Waals surface area (Å²) in [6, 6.07) is 8.88. The molecule has 2 rings (SSSR count). The van der Waals surface area contributed by atoms with Crippen LogP contribution < -0.4 is 15.0 Å². The average molecular weight is 308 g/mol. The Morgan fingerprint density at radius 2 is 2.27 bits per heavy atom. The summed E-state index contributed by atoms with van der Waals surface area (Å²) in [4.78, 5) is 1.72. The summed E-state index contributed by atoms with van der Waals surface area (Å²) < 4.78 is 5.70. The second-order valence-corrected chi connectivity index (χ2v) is 6.33. The molecule has 0 bridgehead atoms. The van der Waals surface area contributed by atoms with Crippen LogP contribution in [0.25, 0.3) is 0 Å². The van der Waals surface area contributed by atoms with E-state index in [1.807, 2.05) is 12.1 Å². The number of aryl methyl sites for hydroxylation is 1.